The molecule has 2 heterocycles. The van der Waals surface area contributed by atoms with Crippen LogP contribution in [0.2, 0.25) is 0 Å². The highest BCUT2D eigenvalue weighted by molar-refractivity contribution is 7.07. The molecule has 1 fully saturated rings. The Morgan fingerprint density at radius 1 is 1.53 bits per heavy atom. The van der Waals surface area contributed by atoms with E-state index in [1.54, 1.807) is 11.3 Å². The first-order chi connectivity index (χ1) is 7.97. The first-order valence-electron chi connectivity index (χ1n) is 6.31. The quantitative estimate of drug-likeness (QED) is 0.877. The summed E-state index contributed by atoms with van der Waals surface area (Å²) in [7, 11) is 0. The second-order valence-corrected chi connectivity index (χ2v) is 6.80. The molecule has 0 saturated carbocycles. The van der Waals surface area contributed by atoms with Gasteiger partial charge in [-0.1, -0.05) is 20.8 Å². The Morgan fingerprint density at radius 3 is 2.88 bits per heavy atom. The Hall–Kier alpha value is -0.450. The fourth-order valence-electron chi connectivity index (χ4n) is 2.25. The SMILES string of the molecule is CC1CNC(C(C)(C)C)CN1Cc1cscn1. The molecule has 0 spiro atoms. The predicted octanol–water partition coefficient (Wildman–Crippen LogP) is 2.35. The van der Waals surface area contributed by atoms with Gasteiger partial charge in [-0.3, -0.25) is 4.90 Å². The smallest absolute Gasteiger partial charge is 0.0795 e. The summed E-state index contributed by atoms with van der Waals surface area (Å²) >= 11 is 1.68. The second kappa shape index (κ2) is 5.04. The molecule has 2 rings (SSSR count). The molecule has 2 unspecified atom stereocenters. The molecule has 1 N–H and O–H groups in total. The Kier molecular flexibility index (Phi) is 3.85. The van der Waals surface area contributed by atoms with Crippen LogP contribution in [0.15, 0.2) is 10.9 Å². The van der Waals surface area contributed by atoms with Gasteiger partial charge in [-0.25, -0.2) is 4.98 Å². The minimum Gasteiger partial charge on any atom is -0.311 e. The summed E-state index contributed by atoms with van der Waals surface area (Å²) in [4.78, 5) is 6.93. The second-order valence-electron chi connectivity index (χ2n) is 6.09. The molecular weight excluding hydrogens is 230 g/mol. The molecule has 4 heteroatoms. The van der Waals surface area contributed by atoms with Gasteiger partial charge in [0.2, 0.25) is 0 Å². The third-order valence-corrected chi connectivity index (χ3v) is 4.23. The van der Waals surface area contributed by atoms with Crippen molar-refractivity contribution in [3.05, 3.63) is 16.6 Å². The van der Waals surface area contributed by atoms with Crippen molar-refractivity contribution in [2.75, 3.05) is 13.1 Å². The molecule has 0 aliphatic carbocycles. The summed E-state index contributed by atoms with van der Waals surface area (Å²) < 4.78 is 0. The van der Waals surface area contributed by atoms with E-state index in [9.17, 15) is 0 Å². The maximum Gasteiger partial charge on any atom is 0.0795 e. The summed E-state index contributed by atoms with van der Waals surface area (Å²) in [6.07, 6.45) is 0. The lowest BCUT2D eigenvalue weighted by Crippen LogP contribution is -2.59. The van der Waals surface area contributed by atoms with E-state index >= 15 is 0 Å². The van der Waals surface area contributed by atoms with Gasteiger partial charge < -0.3 is 5.32 Å². The van der Waals surface area contributed by atoms with Gasteiger partial charge in [-0.15, -0.1) is 11.3 Å². The van der Waals surface area contributed by atoms with Crippen molar-refractivity contribution >= 4 is 11.3 Å². The highest BCUT2D eigenvalue weighted by Crippen LogP contribution is 2.24. The summed E-state index contributed by atoms with van der Waals surface area (Å²) in [5.41, 5.74) is 3.44. The predicted molar refractivity (Wildman–Crippen MR) is 73.2 cm³/mol. The zero-order valence-corrected chi connectivity index (χ0v) is 12.0. The first-order valence-corrected chi connectivity index (χ1v) is 7.25. The molecule has 3 nitrogen and oxygen atoms in total. The summed E-state index contributed by atoms with van der Waals surface area (Å²) in [5, 5.41) is 5.81. The molecule has 1 aromatic heterocycles. The number of thiazole rings is 1. The Morgan fingerprint density at radius 2 is 2.29 bits per heavy atom. The lowest BCUT2D eigenvalue weighted by Gasteiger charge is -2.43. The van der Waals surface area contributed by atoms with Crippen LogP contribution in [0.5, 0.6) is 0 Å². The molecule has 96 valence electrons. The van der Waals surface area contributed by atoms with Crippen LogP contribution >= 0.6 is 11.3 Å². The number of nitrogens with zero attached hydrogens (tertiary/aromatic N) is 2. The summed E-state index contributed by atoms with van der Waals surface area (Å²) in [6.45, 7) is 12.4. The average Bonchev–Trinajstić information content (AvgIpc) is 2.72. The van der Waals surface area contributed by atoms with Crippen molar-refractivity contribution in [1.82, 2.24) is 15.2 Å². The van der Waals surface area contributed by atoms with Crippen LogP contribution in [0, 0.1) is 5.41 Å². The van der Waals surface area contributed by atoms with Crippen molar-refractivity contribution in [2.24, 2.45) is 5.41 Å². The molecule has 0 amide bonds. The topological polar surface area (TPSA) is 28.2 Å². The van der Waals surface area contributed by atoms with Crippen LogP contribution in [0.1, 0.15) is 33.4 Å². The minimum absolute atomic E-state index is 0.320. The van der Waals surface area contributed by atoms with E-state index in [4.69, 9.17) is 0 Å². The number of rotatable bonds is 2. The fraction of sp³-hybridized carbons (Fsp3) is 0.769. The third kappa shape index (κ3) is 3.27. The van der Waals surface area contributed by atoms with Crippen molar-refractivity contribution in [1.29, 1.82) is 0 Å². The van der Waals surface area contributed by atoms with Gasteiger partial charge >= 0.3 is 0 Å². The van der Waals surface area contributed by atoms with Crippen molar-refractivity contribution in [3.63, 3.8) is 0 Å². The van der Waals surface area contributed by atoms with E-state index in [0.29, 0.717) is 17.5 Å². The lowest BCUT2D eigenvalue weighted by atomic mass is 9.85. The lowest BCUT2D eigenvalue weighted by molar-refractivity contribution is 0.0868. The van der Waals surface area contributed by atoms with E-state index in [2.05, 4.69) is 48.3 Å². The fourth-order valence-corrected chi connectivity index (χ4v) is 2.79. The van der Waals surface area contributed by atoms with E-state index in [-0.39, 0.29) is 0 Å². The van der Waals surface area contributed by atoms with Gasteiger partial charge in [-0.05, 0) is 12.3 Å². The van der Waals surface area contributed by atoms with Crippen molar-refractivity contribution in [2.45, 2.75) is 46.3 Å². The van der Waals surface area contributed by atoms with E-state index in [0.717, 1.165) is 19.6 Å². The number of hydrogen-bond donors (Lipinski definition) is 1. The van der Waals surface area contributed by atoms with Crippen LogP contribution in [-0.4, -0.2) is 35.1 Å². The number of aromatic nitrogens is 1. The molecule has 1 aromatic rings. The number of nitrogens with one attached hydrogen (secondary N) is 1. The molecule has 1 saturated heterocycles. The van der Waals surface area contributed by atoms with Crippen LogP contribution in [0.25, 0.3) is 0 Å². The standard InChI is InChI=1S/C13H23N3S/c1-10-5-14-12(13(2,3)4)7-16(10)6-11-8-17-9-15-11/h8-10,12,14H,5-7H2,1-4H3. The summed E-state index contributed by atoms with van der Waals surface area (Å²) in [5.74, 6) is 0. The zero-order chi connectivity index (χ0) is 12.5. The van der Waals surface area contributed by atoms with Gasteiger partial charge in [0, 0.05) is 37.1 Å². The molecule has 1 aliphatic heterocycles. The van der Waals surface area contributed by atoms with Crippen LogP contribution < -0.4 is 5.32 Å². The molecule has 0 aromatic carbocycles. The molecule has 2 atom stereocenters. The molecule has 17 heavy (non-hydrogen) atoms. The van der Waals surface area contributed by atoms with Crippen molar-refractivity contribution in [3.8, 4) is 0 Å². The van der Waals surface area contributed by atoms with Crippen LogP contribution in [0.4, 0.5) is 0 Å². The molecule has 1 aliphatic rings. The van der Waals surface area contributed by atoms with Crippen LogP contribution in [-0.2, 0) is 6.54 Å². The number of piperazine rings is 1. The van der Waals surface area contributed by atoms with Gasteiger partial charge in [0.1, 0.15) is 0 Å². The van der Waals surface area contributed by atoms with Gasteiger partial charge in [-0.2, -0.15) is 0 Å². The van der Waals surface area contributed by atoms with E-state index in [1.165, 1.54) is 5.69 Å². The highest BCUT2D eigenvalue weighted by atomic mass is 32.1. The minimum atomic E-state index is 0.320. The monoisotopic (exact) mass is 253 g/mol. The van der Waals surface area contributed by atoms with Gasteiger partial charge in [0.25, 0.3) is 0 Å². The molecule has 0 bridgehead atoms. The van der Waals surface area contributed by atoms with E-state index in [1.807, 2.05) is 5.51 Å². The Labute approximate surface area is 108 Å². The normalized spacial score (nSPS) is 27.3. The number of hydrogen-bond acceptors (Lipinski definition) is 4. The maximum absolute atomic E-state index is 4.39. The van der Waals surface area contributed by atoms with Crippen molar-refractivity contribution < 1.29 is 0 Å². The first kappa shape index (κ1) is 13.0. The Bertz CT molecular complexity index is 342. The Balaban J connectivity index is 2.00. The van der Waals surface area contributed by atoms with Crippen LogP contribution in [0.3, 0.4) is 0 Å². The molecular formula is C13H23N3S. The van der Waals surface area contributed by atoms with Gasteiger partial charge in [0.15, 0.2) is 0 Å². The third-order valence-electron chi connectivity index (χ3n) is 3.59. The zero-order valence-electron chi connectivity index (χ0n) is 11.2. The molecule has 0 radical (unpaired) electrons. The largest absolute Gasteiger partial charge is 0.311 e. The highest BCUT2D eigenvalue weighted by Gasteiger charge is 2.32. The summed E-state index contributed by atoms with van der Waals surface area (Å²) in [6, 6.07) is 1.16. The average molecular weight is 253 g/mol. The van der Waals surface area contributed by atoms with Gasteiger partial charge in [0.05, 0.1) is 11.2 Å². The maximum atomic E-state index is 4.39. The van der Waals surface area contributed by atoms with E-state index < -0.39 is 0 Å².